The average Bonchev–Trinajstić information content (AvgIpc) is 3.18. The number of ether oxygens (including phenoxy) is 2. The molecule has 0 spiro atoms. The van der Waals surface area contributed by atoms with Crippen LogP contribution in [0, 0.1) is 30.2 Å². The van der Waals surface area contributed by atoms with Crippen molar-refractivity contribution in [2.75, 3.05) is 25.1 Å². The van der Waals surface area contributed by atoms with Crippen molar-refractivity contribution in [1.29, 1.82) is 0 Å². The fourth-order valence-electron chi connectivity index (χ4n) is 4.86. The number of aromatic nitrogens is 1. The molecule has 1 atom stereocenters. The third-order valence-corrected chi connectivity index (χ3v) is 6.67. The number of aliphatic carboxylic acids is 1. The van der Waals surface area contributed by atoms with Gasteiger partial charge in [0.15, 0.2) is 17.4 Å². The van der Waals surface area contributed by atoms with Crippen molar-refractivity contribution in [3.63, 3.8) is 0 Å². The van der Waals surface area contributed by atoms with Crippen LogP contribution in [-0.2, 0) is 11.2 Å². The summed E-state index contributed by atoms with van der Waals surface area (Å²) in [5, 5.41) is 9.63. The van der Waals surface area contributed by atoms with Crippen LogP contribution in [-0.4, -0.2) is 47.9 Å². The van der Waals surface area contributed by atoms with Crippen LogP contribution in [0.1, 0.15) is 21.6 Å². The molecule has 3 aromatic carbocycles. The van der Waals surface area contributed by atoms with Gasteiger partial charge in [-0.1, -0.05) is 30.3 Å². The molecular weight excluding hydrogens is 520 g/mol. The Morgan fingerprint density at radius 1 is 1.00 bits per heavy atom. The SMILES string of the molecule is Cc1c(CC(=O)O)c2ccccc2n1C(=O)c1c(F)c(F)c(OC[C@@H]2CN(C)c3ccccc3O2)c(F)c1F. The molecule has 1 aliphatic rings. The first kappa shape index (κ1) is 26.1. The summed E-state index contributed by atoms with van der Waals surface area (Å²) < 4.78 is 72.2. The zero-order chi connectivity index (χ0) is 28.0. The molecule has 7 nitrogen and oxygen atoms in total. The van der Waals surface area contributed by atoms with Crippen LogP contribution in [0.5, 0.6) is 11.5 Å². The predicted octanol–water partition coefficient (Wildman–Crippen LogP) is 5.10. The minimum absolute atomic E-state index is 0.0717. The number of carbonyl (C=O) groups excluding carboxylic acids is 1. The monoisotopic (exact) mass is 542 g/mol. The maximum atomic E-state index is 15.2. The third-order valence-electron chi connectivity index (χ3n) is 6.67. The highest BCUT2D eigenvalue weighted by atomic mass is 19.2. The van der Waals surface area contributed by atoms with Gasteiger partial charge < -0.3 is 19.5 Å². The van der Waals surface area contributed by atoms with Gasteiger partial charge in [-0.05, 0) is 30.7 Å². The molecule has 0 fully saturated rings. The number of fused-ring (bicyclic) bond motifs is 2. The van der Waals surface area contributed by atoms with E-state index in [0.717, 1.165) is 10.3 Å². The first-order chi connectivity index (χ1) is 18.6. The van der Waals surface area contributed by atoms with Gasteiger partial charge in [-0.15, -0.1) is 0 Å². The van der Waals surface area contributed by atoms with E-state index in [1.807, 2.05) is 17.0 Å². The Bertz CT molecular complexity index is 1610. The van der Waals surface area contributed by atoms with Crippen molar-refractivity contribution < 1.29 is 41.7 Å². The number of anilines is 1. The lowest BCUT2D eigenvalue weighted by Crippen LogP contribution is -2.41. The molecule has 0 saturated carbocycles. The second-order valence-electron chi connectivity index (χ2n) is 9.15. The average molecular weight is 542 g/mol. The molecule has 202 valence electrons. The Balaban J connectivity index is 1.48. The molecule has 1 aliphatic heterocycles. The Labute approximate surface area is 219 Å². The molecule has 0 amide bonds. The molecule has 0 saturated heterocycles. The zero-order valence-corrected chi connectivity index (χ0v) is 20.8. The standard InChI is InChI=1S/C28H22F4N2O5/c1-14-17(11-21(35)36)16-7-3-4-8-18(16)34(14)28(37)22-23(29)25(31)27(26(32)24(22)30)38-13-15-12-33(2)19-9-5-6-10-20(19)39-15/h3-10,15H,11-13H2,1-2H3,(H,35,36)/t15-/m0/s1. The van der Waals surface area contributed by atoms with Gasteiger partial charge in [0.1, 0.15) is 24.0 Å². The normalized spacial score (nSPS) is 14.7. The van der Waals surface area contributed by atoms with E-state index in [2.05, 4.69) is 0 Å². The molecule has 1 aromatic heterocycles. The van der Waals surface area contributed by atoms with Crippen LogP contribution in [0.25, 0.3) is 10.9 Å². The molecule has 0 radical (unpaired) electrons. The number of halogens is 4. The number of likely N-dealkylation sites (N-methyl/N-ethyl adjacent to an activating group) is 1. The fourth-order valence-corrected chi connectivity index (χ4v) is 4.86. The van der Waals surface area contributed by atoms with E-state index in [-0.39, 0.29) is 23.3 Å². The Hall–Kier alpha value is -4.54. The van der Waals surface area contributed by atoms with Gasteiger partial charge in [0.05, 0.1) is 24.2 Å². The number of benzene rings is 3. The van der Waals surface area contributed by atoms with Crippen molar-refractivity contribution in [1.82, 2.24) is 4.57 Å². The van der Waals surface area contributed by atoms with E-state index in [9.17, 15) is 14.7 Å². The van der Waals surface area contributed by atoms with Gasteiger partial charge in [0.25, 0.3) is 5.91 Å². The number of para-hydroxylation sites is 3. The van der Waals surface area contributed by atoms with E-state index < -0.39 is 65.6 Å². The number of rotatable bonds is 6. The molecule has 0 bridgehead atoms. The lowest BCUT2D eigenvalue weighted by molar-refractivity contribution is -0.136. The highest BCUT2D eigenvalue weighted by molar-refractivity contribution is 6.05. The Kier molecular flexibility index (Phi) is 6.67. The van der Waals surface area contributed by atoms with Crippen molar-refractivity contribution in [3.8, 4) is 11.5 Å². The number of nitrogens with zero attached hydrogens (tertiary/aromatic N) is 2. The first-order valence-corrected chi connectivity index (χ1v) is 11.9. The van der Waals surface area contributed by atoms with E-state index in [0.29, 0.717) is 11.1 Å². The second-order valence-corrected chi connectivity index (χ2v) is 9.15. The number of carbonyl (C=O) groups is 2. The molecule has 4 aromatic rings. The highest BCUT2D eigenvalue weighted by Crippen LogP contribution is 2.35. The lowest BCUT2D eigenvalue weighted by atomic mass is 10.1. The number of carboxylic acids is 1. The first-order valence-electron chi connectivity index (χ1n) is 11.9. The van der Waals surface area contributed by atoms with Crippen molar-refractivity contribution in [2.24, 2.45) is 0 Å². The van der Waals surface area contributed by atoms with Gasteiger partial charge in [0, 0.05) is 18.1 Å². The van der Waals surface area contributed by atoms with E-state index >= 15 is 17.6 Å². The molecule has 2 heterocycles. The Morgan fingerprint density at radius 3 is 2.33 bits per heavy atom. The summed E-state index contributed by atoms with van der Waals surface area (Å²) in [6.45, 7) is 1.23. The van der Waals surface area contributed by atoms with Gasteiger partial charge in [0.2, 0.25) is 11.6 Å². The maximum absolute atomic E-state index is 15.2. The molecule has 0 aliphatic carbocycles. The molecule has 0 unspecified atom stereocenters. The van der Waals surface area contributed by atoms with Crippen LogP contribution in [0.2, 0.25) is 0 Å². The van der Waals surface area contributed by atoms with Crippen molar-refractivity contribution in [2.45, 2.75) is 19.4 Å². The third kappa shape index (κ3) is 4.43. The van der Waals surface area contributed by atoms with Gasteiger partial charge >= 0.3 is 5.97 Å². The highest BCUT2D eigenvalue weighted by Gasteiger charge is 2.34. The maximum Gasteiger partial charge on any atom is 0.307 e. The lowest BCUT2D eigenvalue weighted by Gasteiger charge is -2.33. The summed E-state index contributed by atoms with van der Waals surface area (Å²) >= 11 is 0. The van der Waals surface area contributed by atoms with Gasteiger partial charge in [-0.2, -0.15) is 8.78 Å². The molecule has 5 rings (SSSR count). The van der Waals surface area contributed by atoms with Gasteiger partial charge in [-0.25, -0.2) is 8.78 Å². The number of carboxylic acid groups (broad SMARTS) is 1. The summed E-state index contributed by atoms with van der Waals surface area (Å²) in [6, 6.07) is 13.2. The Morgan fingerprint density at radius 2 is 1.64 bits per heavy atom. The van der Waals surface area contributed by atoms with Crippen LogP contribution in [0.15, 0.2) is 48.5 Å². The van der Waals surface area contributed by atoms with E-state index in [4.69, 9.17) is 9.47 Å². The molecular formula is C28H22F4N2O5. The van der Waals surface area contributed by atoms with Crippen LogP contribution < -0.4 is 14.4 Å². The van der Waals surface area contributed by atoms with Crippen LogP contribution in [0.4, 0.5) is 23.2 Å². The summed E-state index contributed by atoms with van der Waals surface area (Å²) in [5.74, 6) is -11.0. The quantitative estimate of drug-likeness (QED) is 0.270. The fraction of sp³-hybridized carbons (Fsp3) is 0.214. The summed E-state index contributed by atoms with van der Waals surface area (Å²) in [4.78, 5) is 26.5. The predicted molar refractivity (Wildman–Crippen MR) is 134 cm³/mol. The number of hydrogen-bond donors (Lipinski definition) is 1. The summed E-state index contributed by atoms with van der Waals surface area (Å²) in [5.41, 5.74) is -0.235. The van der Waals surface area contributed by atoms with E-state index in [1.54, 1.807) is 31.3 Å². The zero-order valence-electron chi connectivity index (χ0n) is 20.8. The summed E-state index contributed by atoms with van der Waals surface area (Å²) in [6.07, 6.45) is -1.19. The van der Waals surface area contributed by atoms with Crippen molar-refractivity contribution in [3.05, 3.63) is 88.6 Å². The number of hydrogen-bond acceptors (Lipinski definition) is 5. The molecule has 11 heteroatoms. The van der Waals surface area contributed by atoms with Crippen LogP contribution >= 0.6 is 0 Å². The summed E-state index contributed by atoms with van der Waals surface area (Å²) in [7, 11) is 1.78. The molecule has 1 N–H and O–H groups in total. The van der Waals surface area contributed by atoms with Crippen molar-refractivity contribution >= 4 is 28.5 Å². The minimum Gasteiger partial charge on any atom is -0.483 e. The minimum atomic E-state index is -1.93. The van der Waals surface area contributed by atoms with Crippen LogP contribution in [0.3, 0.4) is 0 Å². The second kappa shape index (κ2) is 9.97. The molecule has 39 heavy (non-hydrogen) atoms. The largest absolute Gasteiger partial charge is 0.483 e. The van der Waals surface area contributed by atoms with E-state index in [1.165, 1.54) is 19.1 Å². The van der Waals surface area contributed by atoms with Gasteiger partial charge in [-0.3, -0.25) is 14.2 Å². The smallest absolute Gasteiger partial charge is 0.307 e. The topological polar surface area (TPSA) is 81.0 Å².